The Kier molecular flexibility index (Phi) is 4.11. The van der Waals surface area contributed by atoms with Crippen LogP contribution < -0.4 is 0 Å². The Bertz CT molecular complexity index is 629. The van der Waals surface area contributed by atoms with Crippen LogP contribution >= 0.6 is 27.7 Å². The SMILES string of the molecule is Cc1ccc(Sc2cccc(Br)c2C#N)cc1C. The zero-order valence-corrected chi connectivity index (χ0v) is 12.6. The summed E-state index contributed by atoms with van der Waals surface area (Å²) < 4.78 is 0.846. The lowest BCUT2D eigenvalue weighted by atomic mass is 10.1. The topological polar surface area (TPSA) is 23.8 Å². The van der Waals surface area contributed by atoms with Gasteiger partial charge in [-0.15, -0.1) is 0 Å². The normalized spacial score (nSPS) is 10.1. The van der Waals surface area contributed by atoms with Crippen molar-refractivity contribution in [2.45, 2.75) is 23.6 Å². The number of rotatable bonds is 2. The summed E-state index contributed by atoms with van der Waals surface area (Å²) in [7, 11) is 0. The van der Waals surface area contributed by atoms with Crippen molar-refractivity contribution < 1.29 is 0 Å². The van der Waals surface area contributed by atoms with Crippen LogP contribution in [0.1, 0.15) is 16.7 Å². The average molecular weight is 318 g/mol. The van der Waals surface area contributed by atoms with Crippen LogP contribution in [0.5, 0.6) is 0 Å². The number of nitriles is 1. The van der Waals surface area contributed by atoms with Gasteiger partial charge in [0.1, 0.15) is 6.07 Å². The van der Waals surface area contributed by atoms with E-state index in [0.29, 0.717) is 5.56 Å². The van der Waals surface area contributed by atoms with E-state index in [2.05, 4.69) is 54.0 Å². The summed E-state index contributed by atoms with van der Waals surface area (Å²) in [5, 5.41) is 9.18. The van der Waals surface area contributed by atoms with Crippen molar-refractivity contribution in [2.75, 3.05) is 0 Å². The fraction of sp³-hybridized carbons (Fsp3) is 0.133. The van der Waals surface area contributed by atoms with E-state index in [9.17, 15) is 5.26 Å². The third kappa shape index (κ3) is 2.77. The lowest BCUT2D eigenvalue weighted by Crippen LogP contribution is -1.85. The molecule has 0 radical (unpaired) electrons. The molecule has 90 valence electrons. The van der Waals surface area contributed by atoms with E-state index in [1.807, 2.05) is 18.2 Å². The highest BCUT2D eigenvalue weighted by atomic mass is 79.9. The number of aryl methyl sites for hydroxylation is 2. The summed E-state index contributed by atoms with van der Waals surface area (Å²) in [5.41, 5.74) is 3.25. The molecule has 0 aliphatic rings. The first kappa shape index (κ1) is 13.2. The monoisotopic (exact) mass is 317 g/mol. The first-order chi connectivity index (χ1) is 8.61. The molecule has 2 aromatic rings. The molecule has 0 unspecified atom stereocenters. The van der Waals surface area contributed by atoms with Crippen LogP contribution in [0.4, 0.5) is 0 Å². The molecule has 2 rings (SSSR count). The van der Waals surface area contributed by atoms with E-state index in [1.165, 1.54) is 11.1 Å². The highest BCUT2D eigenvalue weighted by Gasteiger charge is 2.07. The largest absolute Gasteiger partial charge is 0.192 e. The van der Waals surface area contributed by atoms with Crippen LogP contribution in [-0.4, -0.2) is 0 Å². The smallest absolute Gasteiger partial charge is 0.102 e. The average Bonchev–Trinajstić information content (AvgIpc) is 2.34. The lowest BCUT2D eigenvalue weighted by molar-refractivity contribution is 1.27. The van der Waals surface area contributed by atoms with Gasteiger partial charge in [0.2, 0.25) is 0 Å². The molecule has 0 saturated carbocycles. The Morgan fingerprint density at radius 2 is 1.89 bits per heavy atom. The summed E-state index contributed by atoms with van der Waals surface area (Å²) in [6.45, 7) is 4.20. The van der Waals surface area contributed by atoms with Crippen LogP contribution in [-0.2, 0) is 0 Å². The fourth-order valence-electron chi connectivity index (χ4n) is 1.60. The zero-order chi connectivity index (χ0) is 13.1. The molecule has 0 bridgehead atoms. The van der Waals surface area contributed by atoms with Crippen LogP contribution in [0.15, 0.2) is 50.7 Å². The molecule has 3 heteroatoms. The summed E-state index contributed by atoms with van der Waals surface area (Å²) in [4.78, 5) is 2.14. The number of benzene rings is 2. The van der Waals surface area contributed by atoms with Gasteiger partial charge in [0.15, 0.2) is 0 Å². The standard InChI is InChI=1S/C15H12BrNS/c1-10-6-7-12(8-11(10)2)18-15-5-3-4-14(16)13(15)9-17/h3-8H,1-2H3. The molecule has 1 nitrogen and oxygen atoms in total. The highest BCUT2D eigenvalue weighted by Crippen LogP contribution is 2.34. The van der Waals surface area contributed by atoms with Gasteiger partial charge >= 0.3 is 0 Å². The maximum atomic E-state index is 9.18. The quantitative estimate of drug-likeness (QED) is 0.770. The van der Waals surface area contributed by atoms with Gasteiger partial charge in [-0.3, -0.25) is 0 Å². The summed E-state index contributed by atoms with van der Waals surface area (Å²) >= 11 is 5.03. The predicted octanol–water partition coefficient (Wildman–Crippen LogP) is 5.09. The van der Waals surface area contributed by atoms with Crippen LogP contribution in [0.3, 0.4) is 0 Å². The second-order valence-electron chi connectivity index (χ2n) is 4.07. The van der Waals surface area contributed by atoms with Crippen molar-refractivity contribution in [1.29, 1.82) is 5.26 Å². The Morgan fingerprint density at radius 3 is 2.56 bits per heavy atom. The van der Waals surface area contributed by atoms with Gasteiger partial charge in [0, 0.05) is 14.3 Å². The minimum atomic E-state index is 0.695. The molecular weight excluding hydrogens is 306 g/mol. The molecule has 0 aliphatic carbocycles. The van der Waals surface area contributed by atoms with Gasteiger partial charge in [-0.05, 0) is 65.2 Å². The van der Waals surface area contributed by atoms with Gasteiger partial charge in [-0.1, -0.05) is 23.9 Å². The minimum Gasteiger partial charge on any atom is -0.192 e. The van der Waals surface area contributed by atoms with E-state index < -0.39 is 0 Å². The fourth-order valence-corrected chi connectivity index (χ4v) is 3.22. The molecule has 0 aromatic heterocycles. The van der Waals surface area contributed by atoms with E-state index in [4.69, 9.17) is 0 Å². The van der Waals surface area contributed by atoms with Crippen molar-refractivity contribution in [3.8, 4) is 6.07 Å². The van der Waals surface area contributed by atoms with Gasteiger partial charge in [-0.2, -0.15) is 5.26 Å². The van der Waals surface area contributed by atoms with Crippen LogP contribution in [0.2, 0.25) is 0 Å². The first-order valence-electron chi connectivity index (χ1n) is 5.55. The van der Waals surface area contributed by atoms with E-state index >= 15 is 0 Å². The Morgan fingerprint density at radius 1 is 1.11 bits per heavy atom. The highest BCUT2D eigenvalue weighted by molar-refractivity contribution is 9.10. The summed E-state index contributed by atoms with van der Waals surface area (Å²) in [5.74, 6) is 0. The number of hydrogen-bond acceptors (Lipinski definition) is 2. The molecule has 0 heterocycles. The minimum absolute atomic E-state index is 0.695. The van der Waals surface area contributed by atoms with Crippen LogP contribution in [0, 0.1) is 25.2 Å². The molecule has 0 saturated heterocycles. The Balaban J connectivity index is 2.37. The molecule has 0 atom stereocenters. The van der Waals surface area contributed by atoms with Gasteiger partial charge in [-0.25, -0.2) is 0 Å². The maximum absolute atomic E-state index is 9.18. The number of nitrogens with zero attached hydrogens (tertiary/aromatic N) is 1. The third-order valence-corrected chi connectivity index (χ3v) is 4.50. The Hall–Kier alpha value is -1.24. The lowest BCUT2D eigenvalue weighted by Gasteiger charge is -2.07. The van der Waals surface area contributed by atoms with E-state index in [1.54, 1.807) is 11.8 Å². The zero-order valence-electron chi connectivity index (χ0n) is 10.2. The molecule has 0 N–H and O–H groups in total. The second kappa shape index (κ2) is 5.60. The molecule has 0 fully saturated rings. The van der Waals surface area contributed by atoms with Crippen LogP contribution in [0.25, 0.3) is 0 Å². The predicted molar refractivity (Wildman–Crippen MR) is 78.9 cm³/mol. The summed E-state index contributed by atoms with van der Waals surface area (Å²) in [6.07, 6.45) is 0. The van der Waals surface area contributed by atoms with E-state index in [-0.39, 0.29) is 0 Å². The molecule has 18 heavy (non-hydrogen) atoms. The molecule has 0 amide bonds. The molecule has 0 aliphatic heterocycles. The van der Waals surface area contributed by atoms with Gasteiger partial charge in [0.25, 0.3) is 0 Å². The molecular formula is C15H12BrNS. The maximum Gasteiger partial charge on any atom is 0.102 e. The van der Waals surface area contributed by atoms with Crippen molar-refractivity contribution in [3.63, 3.8) is 0 Å². The Labute approximate surface area is 120 Å². The first-order valence-corrected chi connectivity index (χ1v) is 7.16. The van der Waals surface area contributed by atoms with Crippen molar-refractivity contribution in [3.05, 3.63) is 57.6 Å². The van der Waals surface area contributed by atoms with Crippen molar-refractivity contribution >= 4 is 27.7 Å². The van der Waals surface area contributed by atoms with Gasteiger partial charge in [0.05, 0.1) is 5.56 Å². The third-order valence-electron chi connectivity index (χ3n) is 2.79. The number of hydrogen-bond donors (Lipinski definition) is 0. The molecule has 0 spiro atoms. The van der Waals surface area contributed by atoms with E-state index in [0.717, 1.165) is 14.3 Å². The van der Waals surface area contributed by atoms with Gasteiger partial charge < -0.3 is 0 Å². The number of halogens is 1. The van der Waals surface area contributed by atoms with Crippen molar-refractivity contribution in [2.24, 2.45) is 0 Å². The second-order valence-corrected chi connectivity index (χ2v) is 6.04. The van der Waals surface area contributed by atoms with Crippen molar-refractivity contribution in [1.82, 2.24) is 0 Å². The molecule has 2 aromatic carbocycles. The summed E-state index contributed by atoms with van der Waals surface area (Å²) in [6, 6.07) is 14.4.